The molecule has 184 valence electrons. The highest BCUT2D eigenvalue weighted by Gasteiger charge is 2.23. The van der Waals surface area contributed by atoms with Gasteiger partial charge in [-0.15, -0.1) is 0 Å². The third kappa shape index (κ3) is 4.89. The number of ether oxygens (including phenoxy) is 1. The third-order valence-electron chi connectivity index (χ3n) is 5.55. The van der Waals surface area contributed by atoms with Crippen molar-refractivity contribution in [2.45, 2.75) is 37.8 Å². The summed E-state index contributed by atoms with van der Waals surface area (Å²) in [6, 6.07) is 5.50. The minimum Gasteiger partial charge on any atom is -0.493 e. The molecule has 0 bridgehead atoms. The number of anilines is 1. The first-order valence-electron chi connectivity index (χ1n) is 11.3. The Morgan fingerprint density at radius 3 is 2.78 bits per heavy atom. The number of H-pyrrole nitrogens is 2. The second kappa shape index (κ2) is 8.92. The summed E-state index contributed by atoms with van der Waals surface area (Å²) in [5, 5.41) is 20.5. The lowest BCUT2D eigenvalue weighted by Crippen LogP contribution is -2.30. The Morgan fingerprint density at radius 2 is 2.08 bits per heavy atom. The quantitative estimate of drug-likeness (QED) is 0.206. The molecule has 1 aromatic carbocycles. The molecule has 0 saturated heterocycles. The molecule has 3 aromatic heterocycles. The van der Waals surface area contributed by atoms with Crippen LogP contribution in [0.25, 0.3) is 11.7 Å². The smallest absolute Gasteiger partial charge is 0.327 e. The molecule has 2 aliphatic rings. The van der Waals surface area contributed by atoms with Crippen molar-refractivity contribution in [1.29, 1.82) is 0 Å². The van der Waals surface area contributed by atoms with Crippen LogP contribution in [-0.2, 0) is 0 Å². The number of rotatable bonds is 6. The van der Waals surface area contributed by atoms with E-state index in [4.69, 9.17) is 4.74 Å². The average Bonchev–Trinajstić information content (AvgIpc) is 3.75. The number of imidazole rings is 1. The topological polar surface area (TPSA) is 175 Å². The van der Waals surface area contributed by atoms with Gasteiger partial charge >= 0.3 is 17.7 Å². The van der Waals surface area contributed by atoms with E-state index < -0.39 is 5.69 Å². The first-order valence-corrected chi connectivity index (χ1v) is 12.4. The highest BCUT2D eigenvalue weighted by Crippen LogP contribution is 2.27. The number of aromatic nitrogens is 6. The standard InChI is InChI=1S/C22H20IN9O4/c23-14-8-13(5-6-15(14)27-20(34)26-12-3-4-12)36-22-29-17-10(7-16-18(33)30-21(35)28-16)9-24-32(17)19(31-22)25-11-1-2-11/h5-9,11-12,33H,1-4H2,(H2,26,27,34)(H2,28,30,35). The fourth-order valence-electron chi connectivity index (χ4n) is 3.44. The maximum atomic E-state index is 12.1. The second-order valence-electron chi connectivity index (χ2n) is 8.60. The maximum Gasteiger partial charge on any atom is 0.327 e. The minimum atomic E-state index is -0.532. The van der Waals surface area contributed by atoms with E-state index in [1.165, 1.54) is 4.52 Å². The Bertz CT molecular complexity index is 1670. The molecule has 0 atom stereocenters. The van der Waals surface area contributed by atoms with Gasteiger partial charge in [0.25, 0.3) is 5.62 Å². The number of carbonyl (C=O) groups excluding carboxylic acids is 1. The molecular formula is C22H20IN9O4. The largest absolute Gasteiger partial charge is 0.493 e. The fourth-order valence-corrected chi connectivity index (χ4v) is 4.07. The summed E-state index contributed by atoms with van der Waals surface area (Å²) in [4.78, 5) is 41.9. The van der Waals surface area contributed by atoms with Crippen molar-refractivity contribution >= 4 is 46.0 Å². The van der Waals surface area contributed by atoms with Gasteiger partial charge in [-0.05, 0) is 72.5 Å². The lowest BCUT2D eigenvalue weighted by Gasteiger charge is -2.10. The van der Waals surface area contributed by atoms with Gasteiger partial charge in [-0.2, -0.15) is 19.6 Å². The van der Waals surface area contributed by atoms with Crippen molar-refractivity contribution in [3.8, 4) is 17.6 Å². The first kappa shape index (κ1) is 22.5. The number of benzene rings is 1. The summed E-state index contributed by atoms with van der Waals surface area (Å²) < 4.78 is 8.24. The molecule has 4 aromatic rings. The van der Waals surface area contributed by atoms with Crippen molar-refractivity contribution < 1.29 is 14.6 Å². The predicted molar refractivity (Wildman–Crippen MR) is 136 cm³/mol. The summed E-state index contributed by atoms with van der Waals surface area (Å²) in [5.74, 6) is 0.189. The van der Waals surface area contributed by atoms with Gasteiger partial charge < -0.3 is 25.5 Å². The normalized spacial score (nSPS) is 16.5. The monoisotopic (exact) mass is 601 g/mol. The Hall–Kier alpha value is -3.95. The highest BCUT2D eigenvalue weighted by atomic mass is 127. The predicted octanol–water partition coefficient (Wildman–Crippen LogP) is 1.14. The molecule has 2 saturated carbocycles. The number of hydrogen-bond donors (Lipinski definition) is 5. The van der Waals surface area contributed by atoms with Crippen LogP contribution in [0.5, 0.6) is 17.6 Å². The van der Waals surface area contributed by atoms with Crippen molar-refractivity contribution in [1.82, 2.24) is 34.9 Å². The van der Waals surface area contributed by atoms with Gasteiger partial charge in [0.05, 0.1) is 17.9 Å². The number of amides is 2. The average molecular weight is 601 g/mol. The van der Waals surface area contributed by atoms with Crippen LogP contribution in [0, 0.1) is 3.57 Å². The number of urea groups is 1. The van der Waals surface area contributed by atoms with Crippen LogP contribution in [0.3, 0.4) is 0 Å². The van der Waals surface area contributed by atoms with Gasteiger partial charge in [0.15, 0.2) is 5.65 Å². The van der Waals surface area contributed by atoms with Gasteiger partial charge in [-0.1, -0.05) is 0 Å². The Morgan fingerprint density at radius 1 is 1.25 bits per heavy atom. The van der Waals surface area contributed by atoms with Crippen molar-refractivity contribution in [2.75, 3.05) is 5.32 Å². The molecule has 6 rings (SSSR count). The van der Waals surface area contributed by atoms with Crippen LogP contribution in [0.4, 0.5) is 10.5 Å². The van der Waals surface area contributed by atoms with E-state index in [2.05, 4.69) is 63.3 Å². The molecule has 0 radical (unpaired) electrons. The number of carbonyl (C=O) groups is 1. The van der Waals surface area contributed by atoms with Gasteiger partial charge in [0.1, 0.15) is 11.4 Å². The highest BCUT2D eigenvalue weighted by molar-refractivity contribution is 14.1. The molecule has 2 aliphatic carbocycles. The van der Waals surface area contributed by atoms with Crippen molar-refractivity contribution in [2.24, 2.45) is 4.99 Å². The van der Waals surface area contributed by atoms with Crippen LogP contribution in [0.15, 0.2) is 34.2 Å². The number of nitrogens with one attached hydrogen (secondary N) is 4. The Balaban J connectivity index is 1.34. The van der Waals surface area contributed by atoms with Crippen LogP contribution in [0.1, 0.15) is 31.4 Å². The van der Waals surface area contributed by atoms with Gasteiger partial charge in [0, 0.05) is 14.8 Å². The number of nitrogens with zero attached hydrogens (tertiary/aromatic N) is 5. The molecule has 3 heterocycles. The van der Waals surface area contributed by atoms with E-state index >= 15 is 0 Å². The van der Waals surface area contributed by atoms with Crippen LogP contribution in [-0.4, -0.2) is 52.8 Å². The number of halogens is 1. The van der Waals surface area contributed by atoms with Crippen LogP contribution < -0.4 is 31.9 Å². The zero-order valence-corrected chi connectivity index (χ0v) is 20.8. The summed E-state index contributed by atoms with van der Waals surface area (Å²) in [7, 11) is 0. The summed E-state index contributed by atoms with van der Waals surface area (Å²) in [6.07, 6.45) is 7.06. The zero-order valence-electron chi connectivity index (χ0n) is 18.7. The molecule has 14 heteroatoms. The van der Waals surface area contributed by atoms with E-state index in [0.29, 0.717) is 27.9 Å². The molecule has 0 spiro atoms. The molecule has 36 heavy (non-hydrogen) atoms. The Kier molecular flexibility index (Phi) is 5.58. The SMILES string of the molecule is O=C(Nc1ccc(Oc2nc(=NC3CC3)n3ncc(=Cc4[nH]c(=O)[nH]c4O)c3n2)cc1I)NC1CC1. The molecule has 0 aliphatic heterocycles. The molecule has 2 fully saturated rings. The number of fused-ring (bicyclic) bond motifs is 1. The second-order valence-corrected chi connectivity index (χ2v) is 9.77. The molecular weight excluding hydrogens is 581 g/mol. The summed E-state index contributed by atoms with van der Waals surface area (Å²) in [6.45, 7) is 0. The van der Waals surface area contributed by atoms with E-state index in [-0.39, 0.29) is 35.7 Å². The number of hydrogen-bond acceptors (Lipinski definition) is 8. The lowest BCUT2D eigenvalue weighted by molar-refractivity contribution is 0.251. The van der Waals surface area contributed by atoms with Crippen LogP contribution in [0.2, 0.25) is 0 Å². The van der Waals surface area contributed by atoms with Gasteiger partial charge in [0.2, 0.25) is 5.88 Å². The van der Waals surface area contributed by atoms with Crippen LogP contribution >= 0.6 is 22.6 Å². The summed E-state index contributed by atoms with van der Waals surface area (Å²) in [5.41, 5.74) is 1.06. The molecule has 5 N–H and O–H groups in total. The number of aromatic amines is 2. The van der Waals surface area contributed by atoms with E-state index in [1.54, 1.807) is 30.5 Å². The summed E-state index contributed by atoms with van der Waals surface area (Å²) >= 11 is 2.12. The fraction of sp³-hybridized carbons (Fsp3) is 0.273. The van der Waals surface area contributed by atoms with Gasteiger partial charge in [-0.25, -0.2) is 14.6 Å². The number of aromatic hydroxyl groups is 1. The van der Waals surface area contributed by atoms with Crippen molar-refractivity contribution in [3.05, 3.63) is 55.0 Å². The van der Waals surface area contributed by atoms with Gasteiger partial charge in [-0.3, -0.25) is 4.98 Å². The molecule has 13 nitrogen and oxygen atoms in total. The molecule has 0 unspecified atom stereocenters. The molecule has 2 amide bonds. The van der Waals surface area contributed by atoms with Crippen molar-refractivity contribution in [3.63, 3.8) is 0 Å². The maximum absolute atomic E-state index is 12.1. The Labute approximate surface area is 215 Å². The van der Waals surface area contributed by atoms with E-state index in [1.807, 2.05) is 0 Å². The lowest BCUT2D eigenvalue weighted by atomic mass is 10.3. The zero-order chi connectivity index (χ0) is 24.8. The van der Waals surface area contributed by atoms with E-state index in [0.717, 1.165) is 29.3 Å². The third-order valence-corrected chi connectivity index (χ3v) is 6.44. The van der Waals surface area contributed by atoms with E-state index in [9.17, 15) is 14.7 Å². The first-order chi connectivity index (χ1) is 17.4. The minimum absolute atomic E-state index is 0.0619.